The fraction of sp³-hybridized carbons (Fsp3) is 0.429. The molecule has 0 aliphatic carbocycles. The Labute approximate surface area is 127 Å². The van der Waals surface area contributed by atoms with Crippen molar-refractivity contribution in [1.82, 2.24) is 0 Å². The van der Waals surface area contributed by atoms with Gasteiger partial charge >= 0.3 is 5.97 Å². The van der Waals surface area contributed by atoms with Crippen LogP contribution in [0.5, 0.6) is 0 Å². The quantitative estimate of drug-likeness (QED) is 0.800. The predicted octanol–water partition coefficient (Wildman–Crippen LogP) is 1.71. The Bertz CT molecular complexity index is 493. The van der Waals surface area contributed by atoms with Crippen molar-refractivity contribution in [2.45, 2.75) is 25.9 Å². The van der Waals surface area contributed by atoms with Crippen LogP contribution < -0.4 is 10.6 Å². The summed E-state index contributed by atoms with van der Waals surface area (Å²) in [6, 6.07) is 4.61. The molecule has 3 N–H and O–H groups in total. The molecule has 21 heavy (non-hydrogen) atoms. The van der Waals surface area contributed by atoms with E-state index in [4.69, 9.17) is 10.8 Å². The summed E-state index contributed by atoms with van der Waals surface area (Å²) < 4.78 is 12.9. The second-order valence-electron chi connectivity index (χ2n) is 4.79. The number of anilines is 1. The molecule has 0 aromatic heterocycles. The molecule has 7 heteroatoms. The van der Waals surface area contributed by atoms with Crippen LogP contribution in [0.25, 0.3) is 0 Å². The average molecular weight is 314 g/mol. The molecule has 0 aliphatic heterocycles. The van der Waals surface area contributed by atoms with Gasteiger partial charge in [-0.3, -0.25) is 9.59 Å². The van der Waals surface area contributed by atoms with Gasteiger partial charge in [0.1, 0.15) is 11.9 Å². The third-order valence-corrected chi connectivity index (χ3v) is 3.78. The molecule has 1 aromatic rings. The number of benzene rings is 1. The molecule has 0 saturated heterocycles. The first-order valence-electron chi connectivity index (χ1n) is 6.46. The number of aliphatic carboxylic acids is 1. The minimum atomic E-state index is -1.09. The normalized spacial score (nSPS) is 12.2. The van der Waals surface area contributed by atoms with E-state index in [0.29, 0.717) is 5.69 Å². The molecular formula is C14H19FN2O3S. The maximum Gasteiger partial charge on any atom is 0.321 e. The lowest BCUT2D eigenvalue weighted by Crippen LogP contribution is -2.39. The third-order valence-electron chi connectivity index (χ3n) is 2.73. The zero-order valence-corrected chi connectivity index (χ0v) is 12.8. The lowest BCUT2D eigenvalue weighted by atomic mass is 10.2. The van der Waals surface area contributed by atoms with Crippen molar-refractivity contribution in [1.29, 1.82) is 0 Å². The molecule has 0 aliphatic rings. The largest absolute Gasteiger partial charge is 0.480 e. The van der Waals surface area contributed by atoms with Crippen molar-refractivity contribution >= 4 is 29.3 Å². The van der Waals surface area contributed by atoms with Crippen LogP contribution in [0.3, 0.4) is 0 Å². The number of rotatable bonds is 7. The number of nitrogens with two attached hydrogens (primary N) is 1. The van der Waals surface area contributed by atoms with Crippen molar-refractivity contribution in [3.63, 3.8) is 0 Å². The van der Waals surface area contributed by atoms with Crippen molar-refractivity contribution in [2.75, 3.05) is 16.4 Å². The van der Waals surface area contributed by atoms with Gasteiger partial charge in [0.2, 0.25) is 5.91 Å². The number of carboxylic acid groups (broad SMARTS) is 1. The fourth-order valence-corrected chi connectivity index (χ4v) is 2.57. The van der Waals surface area contributed by atoms with E-state index < -0.39 is 12.0 Å². The van der Waals surface area contributed by atoms with Gasteiger partial charge in [0.25, 0.3) is 0 Å². The van der Waals surface area contributed by atoms with E-state index in [1.807, 2.05) is 13.8 Å². The zero-order valence-electron chi connectivity index (χ0n) is 12.0. The topological polar surface area (TPSA) is 83.6 Å². The molecular weight excluding hydrogens is 295 g/mol. The van der Waals surface area contributed by atoms with E-state index in [2.05, 4.69) is 0 Å². The Hall–Kier alpha value is -1.60. The van der Waals surface area contributed by atoms with Gasteiger partial charge in [0, 0.05) is 17.5 Å². The Kier molecular flexibility index (Phi) is 6.64. The van der Waals surface area contributed by atoms with Gasteiger partial charge in [0.05, 0.1) is 5.75 Å². The van der Waals surface area contributed by atoms with Gasteiger partial charge in [-0.15, -0.1) is 11.8 Å². The molecule has 0 bridgehead atoms. The lowest BCUT2D eigenvalue weighted by molar-refractivity contribution is -0.137. The molecule has 0 spiro atoms. The summed E-state index contributed by atoms with van der Waals surface area (Å²) in [5.41, 5.74) is 5.99. The van der Waals surface area contributed by atoms with E-state index in [0.717, 1.165) is 0 Å². The minimum absolute atomic E-state index is 0.0864. The highest BCUT2D eigenvalue weighted by Crippen LogP contribution is 2.19. The van der Waals surface area contributed by atoms with Crippen molar-refractivity contribution in [3.05, 3.63) is 30.1 Å². The molecule has 0 unspecified atom stereocenters. The number of hydrogen-bond acceptors (Lipinski definition) is 4. The van der Waals surface area contributed by atoms with Crippen molar-refractivity contribution in [3.8, 4) is 0 Å². The van der Waals surface area contributed by atoms with Crippen LogP contribution in [0.1, 0.15) is 13.8 Å². The number of carbonyl (C=O) groups is 2. The number of halogens is 1. The van der Waals surface area contributed by atoms with Gasteiger partial charge in [-0.2, -0.15) is 0 Å². The van der Waals surface area contributed by atoms with Crippen LogP contribution in [0.15, 0.2) is 24.3 Å². The summed E-state index contributed by atoms with van der Waals surface area (Å²) in [5.74, 6) is -1.34. The van der Waals surface area contributed by atoms with Gasteiger partial charge < -0.3 is 15.7 Å². The Morgan fingerprint density at radius 1 is 1.33 bits per heavy atom. The molecule has 1 rings (SSSR count). The zero-order chi connectivity index (χ0) is 16.0. The van der Waals surface area contributed by atoms with Gasteiger partial charge in [0.15, 0.2) is 0 Å². The summed E-state index contributed by atoms with van der Waals surface area (Å²) in [6.45, 7) is 3.71. The maximum absolute atomic E-state index is 12.9. The Balaban J connectivity index is 2.66. The van der Waals surface area contributed by atoms with Crippen LogP contribution in [0.4, 0.5) is 10.1 Å². The maximum atomic E-state index is 12.9. The number of thioether (sulfide) groups is 1. The standard InChI is InChI=1S/C14H19FN2O3S/c1-9(2)17(11-5-3-10(15)4-6-11)13(18)8-21-7-12(16)14(19)20/h3-6,9,12H,7-8,16H2,1-2H3,(H,19,20)/t12-/m0/s1. The monoisotopic (exact) mass is 314 g/mol. The van der Waals surface area contributed by atoms with E-state index in [1.165, 1.54) is 23.9 Å². The fourth-order valence-electron chi connectivity index (χ4n) is 1.75. The first kappa shape index (κ1) is 17.5. The first-order valence-corrected chi connectivity index (χ1v) is 7.62. The van der Waals surface area contributed by atoms with E-state index in [-0.39, 0.29) is 29.3 Å². The lowest BCUT2D eigenvalue weighted by Gasteiger charge is -2.27. The molecule has 0 heterocycles. The smallest absolute Gasteiger partial charge is 0.321 e. The summed E-state index contributed by atoms with van der Waals surface area (Å²) in [6.07, 6.45) is 0. The van der Waals surface area contributed by atoms with Crippen LogP contribution in [-0.4, -0.2) is 40.6 Å². The van der Waals surface area contributed by atoms with E-state index in [1.54, 1.807) is 17.0 Å². The summed E-state index contributed by atoms with van der Waals surface area (Å²) in [5, 5.41) is 8.68. The third kappa shape index (κ3) is 5.35. The van der Waals surface area contributed by atoms with Crippen molar-refractivity contribution in [2.24, 2.45) is 5.73 Å². The number of nitrogens with zero attached hydrogens (tertiary/aromatic N) is 1. The van der Waals surface area contributed by atoms with Crippen LogP contribution >= 0.6 is 11.8 Å². The van der Waals surface area contributed by atoms with Gasteiger partial charge in [-0.05, 0) is 38.1 Å². The first-order chi connectivity index (χ1) is 9.82. The highest BCUT2D eigenvalue weighted by atomic mass is 32.2. The number of carboxylic acids is 1. The van der Waals surface area contributed by atoms with E-state index in [9.17, 15) is 14.0 Å². The Morgan fingerprint density at radius 2 is 1.90 bits per heavy atom. The predicted molar refractivity (Wildman–Crippen MR) is 82.0 cm³/mol. The van der Waals surface area contributed by atoms with Crippen LogP contribution in [0, 0.1) is 5.82 Å². The highest BCUT2D eigenvalue weighted by molar-refractivity contribution is 8.00. The summed E-state index contributed by atoms with van der Waals surface area (Å²) >= 11 is 1.17. The summed E-state index contributed by atoms with van der Waals surface area (Å²) in [4.78, 5) is 24.4. The molecule has 116 valence electrons. The minimum Gasteiger partial charge on any atom is -0.480 e. The highest BCUT2D eigenvalue weighted by Gasteiger charge is 2.20. The number of hydrogen-bond donors (Lipinski definition) is 2. The molecule has 1 aromatic carbocycles. The molecule has 0 fully saturated rings. The second kappa shape index (κ2) is 7.99. The number of amides is 1. The molecule has 1 amide bonds. The van der Waals surface area contributed by atoms with Crippen LogP contribution in [-0.2, 0) is 9.59 Å². The van der Waals surface area contributed by atoms with Gasteiger partial charge in [-0.25, -0.2) is 4.39 Å². The number of carbonyl (C=O) groups excluding carboxylic acids is 1. The van der Waals surface area contributed by atoms with E-state index >= 15 is 0 Å². The molecule has 5 nitrogen and oxygen atoms in total. The molecule has 0 saturated carbocycles. The Morgan fingerprint density at radius 3 is 2.38 bits per heavy atom. The average Bonchev–Trinajstić information content (AvgIpc) is 2.40. The molecule has 1 atom stereocenters. The molecule has 0 radical (unpaired) electrons. The summed E-state index contributed by atoms with van der Waals surface area (Å²) in [7, 11) is 0. The van der Waals surface area contributed by atoms with Crippen LogP contribution in [0.2, 0.25) is 0 Å². The SMILES string of the molecule is CC(C)N(C(=O)CSC[C@H](N)C(=O)O)c1ccc(F)cc1. The second-order valence-corrected chi connectivity index (χ2v) is 5.82. The van der Waals surface area contributed by atoms with Gasteiger partial charge in [-0.1, -0.05) is 0 Å². The van der Waals surface area contributed by atoms with Crippen molar-refractivity contribution < 1.29 is 19.1 Å².